The van der Waals surface area contributed by atoms with Crippen molar-refractivity contribution in [2.75, 3.05) is 0 Å². The Morgan fingerprint density at radius 1 is 1.25 bits per heavy atom. The highest BCUT2D eigenvalue weighted by Gasteiger charge is 2.13. The Hall–Kier alpha value is -0.970. The van der Waals surface area contributed by atoms with E-state index in [1.807, 2.05) is 0 Å². The first-order valence-electron chi connectivity index (χ1n) is 4.30. The molecule has 0 saturated heterocycles. The maximum atomic E-state index is 11.5. The van der Waals surface area contributed by atoms with E-state index < -0.39 is 0 Å². The molecule has 0 spiro atoms. The van der Waals surface area contributed by atoms with Crippen molar-refractivity contribution in [2.45, 2.75) is 6.92 Å². The summed E-state index contributed by atoms with van der Waals surface area (Å²) in [5.74, 6) is 0.493. The van der Waals surface area contributed by atoms with Crippen LogP contribution in [-0.2, 0) is 0 Å². The zero-order chi connectivity index (χ0) is 11.9. The summed E-state index contributed by atoms with van der Waals surface area (Å²) in [6.07, 6.45) is 0. The van der Waals surface area contributed by atoms with Gasteiger partial charge in [0, 0.05) is 0 Å². The molecule has 2 rings (SSSR count). The quantitative estimate of drug-likeness (QED) is 0.816. The lowest BCUT2D eigenvalue weighted by Crippen LogP contribution is -2.16. The van der Waals surface area contributed by atoms with E-state index in [1.54, 1.807) is 19.1 Å². The van der Waals surface area contributed by atoms with Gasteiger partial charge >= 0.3 is 5.69 Å². The molecule has 0 radical (unpaired) electrons. The minimum Gasteiger partial charge on any atom is -0.293 e. The molecule has 0 amide bonds. The Morgan fingerprint density at radius 3 is 2.50 bits per heavy atom. The Bertz CT molecular complexity index is 603. The second-order valence-corrected chi connectivity index (χ2v) is 4.28. The molecule has 0 unspecified atom stereocenters. The van der Waals surface area contributed by atoms with Gasteiger partial charge < -0.3 is 0 Å². The van der Waals surface area contributed by atoms with E-state index in [0.29, 0.717) is 16.5 Å². The lowest BCUT2D eigenvalue weighted by Gasteiger charge is -2.05. The number of nitrogens with zero attached hydrogens (tertiary/aromatic N) is 2. The van der Waals surface area contributed by atoms with E-state index >= 15 is 0 Å². The minimum atomic E-state index is -0.377. The summed E-state index contributed by atoms with van der Waals surface area (Å²) in [6.45, 7) is 1.67. The Labute approximate surface area is 106 Å². The summed E-state index contributed by atoms with van der Waals surface area (Å²) in [6, 6.07) is 3.14. The second-order valence-electron chi connectivity index (χ2n) is 3.12. The summed E-state index contributed by atoms with van der Waals surface area (Å²) >= 11 is 17.6. The number of hydrogen-bond acceptors (Lipinski definition) is 2. The molecule has 0 aliphatic carbocycles. The maximum Gasteiger partial charge on any atom is 0.348 e. The molecular formula is C9H6Cl3N3O. The summed E-state index contributed by atoms with van der Waals surface area (Å²) in [5, 5.41) is 4.70. The van der Waals surface area contributed by atoms with Gasteiger partial charge in [0.05, 0.1) is 20.8 Å². The van der Waals surface area contributed by atoms with Crippen LogP contribution in [0.2, 0.25) is 15.1 Å². The van der Waals surface area contributed by atoms with Crippen LogP contribution in [-0.4, -0.2) is 14.8 Å². The lowest BCUT2D eigenvalue weighted by atomic mass is 10.3. The molecule has 0 bridgehead atoms. The molecule has 0 saturated carbocycles. The highest BCUT2D eigenvalue weighted by Crippen LogP contribution is 2.33. The van der Waals surface area contributed by atoms with Crippen molar-refractivity contribution < 1.29 is 0 Å². The number of hydrogen-bond donors (Lipinski definition) is 1. The molecule has 0 aliphatic rings. The lowest BCUT2D eigenvalue weighted by molar-refractivity contribution is 0.833. The van der Waals surface area contributed by atoms with Gasteiger partial charge in [-0.25, -0.2) is 4.79 Å². The average Bonchev–Trinajstić information content (AvgIpc) is 2.55. The summed E-state index contributed by atoms with van der Waals surface area (Å²) < 4.78 is 1.14. The van der Waals surface area contributed by atoms with Gasteiger partial charge in [-0.05, 0) is 19.1 Å². The van der Waals surface area contributed by atoms with Crippen molar-refractivity contribution in [2.24, 2.45) is 0 Å². The number of aromatic amines is 1. The van der Waals surface area contributed by atoms with Crippen molar-refractivity contribution in [3.63, 3.8) is 0 Å². The fraction of sp³-hybridized carbons (Fsp3) is 0.111. The van der Waals surface area contributed by atoms with Crippen molar-refractivity contribution in [3.8, 4) is 5.69 Å². The topological polar surface area (TPSA) is 50.7 Å². The molecule has 0 atom stereocenters. The van der Waals surface area contributed by atoms with Crippen LogP contribution < -0.4 is 5.69 Å². The van der Waals surface area contributed by atoms with E-state index in [9.17, 15) is 4.79 Å². The van der Waals surface area contributed by atoms with Gasteiger partial charge in [-0.2, -0.15) is 9.78 Å². The summed E-state index contributed by atoms with van der Waals surface area (Å²) in [4.78, 5) is 14.0. The number of H-pyrrole nitrogens is 1. The predicted molar refractivity (Wildman–Crippen MR) is 64.0 cm³/mol. The molecule has 1 aromatic heterocycles. The van der Waals surface area contributed by atoms with E-state index in [4.69, 9.17) is 34.8 Å². The third kappa shape index (κ3) is 1.84. The van der Waals surface area contributed by atoms with Crippen LogP contribution >= 0.6 is 34.8 Å². The molecule has 2 aromatic rings. The fourth-order valence-corrected chi connectivity index (χ4v) is 1.88. The van der Waals surface area contributed by atoms with Gasteiger partial charge in [-0.15, -0.1) is 0 Å². The van der Waals surface area contributed by atoms with Crippen LogP contribution in [0.4, 0.5) is 0 Å². The summed E-state index contributed by atoms with van der Waals surface area (Å²) in [7, 11) is 0. The monoisotopic (exact) mass is 277 g/mol. The van der Waals surface area contributed by atoms with Crippen LogP contribution in [0.3, 0.4) is 0 Å². The van der Waals surface area contributed by atoms with Gasteiger partial charge in [0.25, 0.3) is 0 Å². The molecule has 1 N–H and O–H groups in total. The molecule has 1 aromatic carbocycles. The second kappa shape index (κ2) is 4.13. The molecule has 7 heteroatoms. The Balaban J connectivity index is 2.70. The smallest absolute Gasteiger partial charge is 0.293 e. The van der Waals surface area contributed by atoms with Gasteiger partial charge in [0.1, 0.15) is 5.82 Å². The number of halogens is 3. The Morgan fingerprint density at radius 2 is 1.94 bits per heavy atom. The fourth-order valence-electron chi connectivity index (χ4n) is 1.27. The van der Waals surface area contributed by atoms with Crippen molar-refractivity contribution >= 4 is 34.8 Å². The average molecular weight is 279 g/mol. The molecule has 84 valence electrons. The van der Waals surface area contributed by atoms with Crippen molar-refractivity contribution in [1.82, 2.24) is 14.8 Å². The highest BCUT2D eigenvalue weighted by molar-refractivity contribution is 6.48. The van der Waals surface area contributed by atoms with Gasteiger partial charge in [0.2, 0.25) is 0 Å². The van der Waals surface area contributed by atoms with Crippen molar-refractivity contribution in [1.29, 1.82) is 0 Å². The standard InChI is InChI=1S/C9H6Cl3N3O/c1-4-13-9(16)15(14-4)6-3-2-5(10)7(11)8(6)12/h2-3H,1H3,(H,13,14,16). The Kier molecular flexibility index (Phi) is 2.97. The van der Waals surface area contributed by atoms with Crippen LogP contribution in [0, 0.1) is 6.92 Å². The first-order chi connectivity index (χ1) is 7.50. The molecule has 4 nitrogen and oxygen atoms in total. The molecule has 0 aliphatic heterocycles. The third-order valence-electron chi connectivity index (χ3n) is 1.97. The van der Waals surface area contributed by atoms with Gasteiger partial charge in [-0.3, -0.25) is 4.98 Å². The minimum absolute atomic E-state index is 0.197. The number of aryl methyl sites for hydroxylation is 1. The largest absolute Gasteiger partial charge is 0.348 e. The zero-order valence-corrected chi connectivity index (χ0v) is 10.4. The molecule has 1 heterocycles. The molecule has 0 fully saturated rings. The SMILES string of the molecule is Cc1nn(-c2ccc(Cl)c(Cl)c2Cl)c(=O)[nH]1. The number of aromatic nitrogens is 3. The molecule has 16 heavy (non-hydrogen) atoms. The third-order valence-corrected chi connectivity index (χ3v) is 3.26. The van der Waals surface area contributed by atoms with E-state index in [2.05, 4.69) is 10.1 Å². The first-order valence-corrected chi connectivity index (χ1v) is 5.44. The van der Waals surface area contributed by atoms with Crippen LogP contribution in [0.25, 0.3) is 5.69 Å². The van der Waals surface area contributed by atoms with E-state index in [-0.39, 0.29) is 15.7 Å². The van der Waals surface area contributed by atoms with E-state index in [0.717, 1.165) is 4.68 Å². The predicted octanol–water partition coefficient (Wildman–Crippen LogP) is 2.83. The van der Waals surface area contributed by atoms with Crippen LogP contribution in [0.15, 0.2) is 16.9 Å². The van der Waals surface area contributed by atoms with Gasteiger partial charge in [-0.1, -0.05) is 34.8 Å². The normalized spacial score (nSPS) is 10.8. The summed E-state index contributed by atoms with van der Waals surface area (Å²) in [5.41, 5.74) is 0.0169. The zero-order valence-electron chi connectivity index (χ0n) is 8.09. The highest BCUT2D eigenvalue weighted by atomic mass is 35.5. The number of rotatable bonds is 1. The maximum absolute atomic E-state index is 11.5. The number of nitrogens with one attached hydrogen (secondary N) is 1. The molecular weight excluding hydrogens is 272 g/mol. The first kappa shape index (κ1) is 11.5. The van der Waals surface area contributed by atoms with Crippen LogP contribution in [0.5, 0.6) is 0 Å². The number of benzene rings is 1. The van der Waals surface area contributed by atoms with E-state index in [1.165, 1.54) is 0 Å². The van der Waals surface area contributed by atoms with Crippen LogP contribution in [0.1, 0.15) is 5.82 Å². The van der Waals surface area contributed by atoms with Crippen molar-refractivity contribution in [3.05, 3.63) is 43.5 Å². The van der Waals surface area contributed by atoms with Gasteiger partial charge in [0.15, 0.2) is 0 Å².